The molecule has 0 bridgehead atoms. The van der Waals surface area contributed by atoms with E-state index in [0.717, 1.165) is 44.8 Å². The fourth-order valence-electron chi connectivity index (χ4n) is 3.13. The molecule has 2 aromatic carbocycles. The van der Waals surface area contributed by atoms with Crippen molar-refractivity contribution in [1.29, 1.82) is 0 Å². The Kier molecular flexibility index (Phi) is 7.98. The first-order chi connectivity index (χ1) is 14.2. The standard InChI is InChI=1S/C23H27N3O3/c27-22(12-11-19-7-2-1-3-8-19)25-21-10-5-4-9-20(21)23(28)24-13-6-14-26-15-17-29-18-16-26/h1-5,7-12H,6,13-18H2,(H,24,28)(H,25,27)/b12-11+. The van der Waals surface area contributed by atoms with Gasteiger partial charge in [0.15, 0.2) is 0 Å². The van der Waals surface area contributed by atoms with Crippen molar-refractivity contribution in [2.45, 2.75) is 6.42 Å². The number of amides is 2. The molecule has 0 aromatic heterocycles. The Morgan fingerprint density at radius 2 is 1.72 bits per heavy atom. The largest absolute Gasteiger partial charge is 0.379 e. The summed E-state index contributed by atoms with van der Waals surface area (Å²) in [5, 5.41) is 5.74. The van der Waals surface area contributed by atoms with E-state index in [-0.39, 0.29) is 11.8 Å². The van der Waals surface area contributed by atoms with Crippen LogP contribution in [0.2, 0.25) is 0 Å². The fourth-order valence-corrected chi connectivity index (χ4v) is 3.13. The summed E-state index contributed by atoms with van der Waals surface area (Å²) in [7, 11) is 0. The van der Waals surface area contributed by atoms with Crippen LogP contribution >= 0.6 is 0 Å². The summed E-state index contributed by atoms with van der Waals surface area (Å²) in [5.74, 6) is -0.462. The molecule has 1 aliphatic heterocycles. The molecule has 6 nitrogen and oxygen atoms in total. The predicted molar refractivity (Wildman–Crippen MR) is 115 cm³/mol. The number of benzene rings is 2. The quantitative estimate of drug-likeness (QED) is 0.534. The highest BCUT2D eigenvalue weighted by Crippen LogP contribution is 2.15. The molecule has 2 N–H and O–H groups in total. The lowest BCUT2D eigenvalue weighted by atomic mass is 10.1. The molecule has 2 aromatic rings. The van der Waals surface area contributed by atoms with Crippen molar-refractivity contribution in [3.05, 3.63) is 71.8 Å². The zero-order valence-electron chi connectivity index (χ0n) is 16.5. The van der Waals surface area contributed by atoms with Crippen LogP contribution in [0, 0.1) is 0 Å². The van der Waals surface area contributed by atoms with Gasteiger partial charge >= 0.3 is 0 Å². The first-order valence-electron chi connectivity index (χ1n) is 9.94. The summed E-state index contributed by atoms with van der Waals surface area (Å²) >= 11 is 0. The Balaban J connectivity index is 1.50. The maximum atomic E-state index is 12.6. The van der Waals surface area contributed by atoms with Crippen LogP contribution in [-0.4, -0.2) is 56.1 Å². The second-order valence-electron chi connectivity index (χ2n) is 6.84. The van der Waals surface area contributed by atoms with Gasteiger partial charge < -0.3 is 15.4 Å². The van der Waals surface area contributed by atoms with Crippen molar-refractivity contribution in [1.82, 2.24) is 10.2 Å². The summed E-state index contributed by atoms with van der Waals surface area (Å²) in [5.41, 5.74) is 1.90. The van der Waals surface area contributed by atoms with E-state index >= 15 is 0 Å². The van der Waals surface area contributed by atoms with E-state index in [9.17, 15) is 9.59 Å². The number of nitrogens with zero attached hydrogens (tertiary/aromatic N) is 1. The third-order valence-electron chi connectivity index (χ3n) is 4.70. The molecule has 152 valence electrons. The van der Waals surface area contributed by atoms with Crippen LogP contribution in [-0.2, 0) is 9.53 Å². The first kappa shape index (κ1) is 20.8. The number of rotatable bonds is 8. The molecule has 0 spiro atoms. The van der Waals surface area contributed by atoms with E-state index < -0.39 is 0 Å². The normalized spacial score (nSPS) is 14.6. The zero-order chi connectivity index (χ0) is 20.3. The molecular weight excluding hydrogens is 366 g/mol. The SMILES string of the molecule is O=C(/C=C/c1ccccc1)Nc1ccccc1C(=O)NCCCN1CCOCC1. The van der Waals surface area contributed by atoms with Gasteiger partial charge in [-0.15, -0.1) is 0 Å². The second kappa shape index (κ2) is 11.1. The lowest BCUT2D eigenvalue weighted by Crippen LogP contribution is -2.38. The van der Waals surface area contributed by atoms with Crippen LogP contribution in [0.4, 0.5) is 5.69 Å². The van der Waals surface area contributed by atoms with Gasteiger partial charge in [-0.2, -0.15) is 0 Å². The summed E-state index contributed by atoms with van der Waals surface area (Å²) in [6.07, 6.45) is 4.08. The second-order valence-corrected chi connectivity index (χ2v) is 6.84. The molecule has 0 aliphatic carbocycles. The minimum atomic E-state index is -0.276. The van der Waals surface area contributed by atoms with Crippen molar-refractivity contribution in [3.8, 4) is 0 Å². The topological polar surface area (TPSA) is 70.7 Å². The Morgan fingerprint density at radius 1 is 1.00 bits per heavy atom. The molecule has 6 heteroatoms. The third kappa shape index (κ3) is 6.85. The van der Waals surface area contributed by atoms with Gasteiger partial charge in [-0.1, -0.05) is 42.5 Å². The maximum absolute atomic E-state index is 12.6. The van der Waals surface area contributed by atoms with Gasteiger partial charge in [-0.25, -0.2) is 0 Å². The Hall–Kier alpha value is -2.96. The molecule has 29 heavy (non-hydrogen) atoms. The summed E-state index contributed by atoms with van der Waals surface area (Å²) in [4.78, 5) is 27.2. The molecule has 1 saturated heterocycles. The number of carbonyl (C=O) groups excluding carboxylic acids is 2. The molecule has 2 amide bonds. The Bertz CT molecular complexity index is 830. The molecule has 1 aliphatic rings. The summed E-state index contributed by atoms with van der Waals surface area (Å²) in [6.45, 7) is 4.97. The van der Waals surface area contributed by atoms with Crippen LogP contribution in [0.1, 0.15) is 22.3 Å². The van der Waals surface area contributed by atoms with Gasteiger partial charge in [0.25, 0.3) is 5.91 Å². The summed E-state index contributed by atoms with van der Waals surface area (Å²) in [6, 6.07) is 16.6. The summed E-state index contributed by atoms with van der Waals surface area (Å²) < 4.78 is 5.34. The van der Waals surface area contributed by atoms with Crippen molar-refractivity contribution < 1.29 is 14.3 Å². The monoisotopic (exact) mass is 393 g/mol. The molecule has 0 saturated carbocycles. The highest BCUT2D eigenvalue weighted by atomic mass is 16.5. The molecule has 1 heterocycles. The van der Waals surface area contributed by atoms with E-state index in [1.165, 1.54) is 6.08 Å². The number of anilines is 1. The lowest BCUT2D eigenvalue weighted by molar-refractivity contribution is -0.111. The van der Waals surface area contributed by atoms with Crippen molar-refractivity contribution >= 4 is 23.6 Å². The van der Waals surface area contributed by atoms with Crippen molar-refractivity contribution in [2.75, 3.05) is 44.7 Å². The van der Waals surface area contributed by atoms with Gasteiger partial charge in [0.2, 0.25) is 5.91 Å². The highest BCUT2D eigenvalue weighted by Gasteiger charge is 2.13. The smallest absolute Gasteiger partial charge is 0.253 e. The van der Waals surface area contributed by atoms with Gasteiger partial charge in [0, 0.05) is 25.7 Å². The minimum Gasteiger partial charge on any atom is -0.379 e. The van der Waals surface area contributed by atoms with Crippen LogP contribution in [0.3, 0.4) is 0 Å². The van der Waals surface area contributed by atoms with E-state index in [4.69, 9.17) is 4.74 Å². The maximum Gasteiger partial charge on any atom is 0.253 e. The van der Waals surface area contributed by atoms with Crippen molar-refractivity contribution in [3.63, 3.8) is 0 Å². The van der Waals surface area contributed by atoms with Gasteiger partial charge in [0.1, 0.15) is 0 Å². The van der Waals surface area contributed by atoms with Crippen LogP contribution in [0.5, 0.6) is 0 Å². The van der Waals surface area contributed by atoms with Gasteiger partial charge in [-0.05, 0) is 36.7 Å². The number of carbonyl (C=O) groups is 2. The molecule has 0 atom stereocenters. The number of hydrogen-bond donors (Lipinski definition) is 2. The van der Waals surface area contributed by atoms with E-state index in [1.54, 1.807) is 30.3 Å². The number of para-hydroxylation sites is 1. The lowest BCUT2D eigenvalue weighted by Gasteiger charge is -2.26. The number of morpholine rings is 1. The average molecular weight is 393 g/mol. The third-order valence-corrected chi connectivity index (χ3v) is 4.70. The van der Waals surface area contributed by atoms with Gasteiger partial charge in [-0.3, -0.25) is 14.5 Å². The van der Waals surface area contributed by atoms with Crippen LogP contribution in [0.25, 0.3) is 6.08 Å². The first-order valence-corrected chi connectivity index (χ1v) is 9.94. The molecule has 1 fully saturated rings. The van der Waals surface area contributed by atoms with Crippen molar-refractivity contribution in [2.24, 2.45) is 0 Å². The highest BCUT2D eigenvalue weighted by molar-refractivity contribution is 6.07. The molecule has 0 radical (unpaired) electrons. The molecular formula is C23H27N3O3. The van der Waals surface area contributed by atoms with E-state index in [1.807, 2.05) is 30.3 Å². The van der Waals surface area contributed by atoms with Gasteiger partial charge in [0.05, 0.1) is 24.5 Å². The Labute approximate surface area is 171 Å². The van der Waals surface area contributed by atoms with Crippen LogP contribution in [0.15, 0.2) is 60.7 Å². The zero-order valence-corrected chi connectivity index (χ0v) is 16.5. The predicted octanol–water partition coefficient (Wildman–Crippen LogP) is 2.79. The number of nitrogens with one attached hydrogen (secondary N) is 2. The van der Waals surface area contributed by atoms with E-state index in [2.05, 4.69) is 15.5 Å². The minimum absolute atomic E-state index is 0.185. The molecule has 0 unspecified atom stereocenters. The Morgan fingerprint density at radius 3 is 2.52 bits per heavy atom. The average Bonchev–Trinajstić information content (AvgIpc) is 2.77. The van der Waals surface area contributed by atoms with Crippen LogP contribution < -0.4 is 10.6 Å². The molecule has 3 rings (SSSR count). The fraction of sp³-hybridized carbons (Fsp3) is 0.304. The number of hydrogen-bond acceptors (Lipinski definition) is 4. The number of ether oxygens (including phenoxy) is 1. The van der Waals surface area contributed by atoms with E-state index in [0.29, 0.717) is 17.8 Å².